The summed E-state index contributed by atoms with van der Waals surface area (Å²) in [6.45, 7) is 4.47. The Kier molecular flexibility index (Phi) is 7.62. The van der Waals surface area contributed by atoms with Crippen molar-refractivity contribution in [2.45, 2.75) is 26.4 Å². The van der Waals surface area contributed by atoms with Crippen LogP contribution in [0.3, 0.4) is 0 Å². The van der Waals surface area contributed by atoms with Crippen LogP contribution in [0.2, 0.25) is 0 Å². The second-order valence-corrected chi connectivity index (χ2v) is 6.18. The Balaban J connectivity index is 0.000000208. The predicted octanol–water partition coefficient (Wildman–Crippen LogP) is 3.91. The van der Waals surface area contributed by atoms with Crippen molar-refractivity contribution in [1.82, 2.24) is 9.38 Å². The van der Waals surface area contributed by atoms with Crippen molar-refractivity contribution >= 4 is 23.0 Å². The number of rotatable bonds is 1. The minimum atomic E-state index is -4.46. The van der Waals surface area contributed by atoms with Crippen molar-refractivity contribution in [2.24, 2.45) is 5.73 Å². The van der Waals surface area contributed by atoms with E-state index in [4.69, 9.17) is 10.5 Å². The molecule has 1 aliphatic heterocycles. The number of alkyl halides is 3. The van der Waals surface area contributed by atoms with Crippen molar-refractivity contribution in [2.75, 3.05) is 18.6 Å². The summed E-state index contributed by atoms with van der Waals surface area (Å²) >= 11 is 0. The predicted molar refractivity (Wildman–Crippen MR) is 110 cm³/mol. The number of hydrogen-bond donors (Lipinski definition) is 1. The number of carbonyl (C=O) groups is 2. The number of nitrogens with two attached hydrogens (primary N) is 1. The number of amides is 2. The van der Waals surface area contributed by atoms with Crippen LogP contribution in [0.4, 0.5) is 18.9 Å². The summed E-state index contributed by atoms with van der Waals surface area (Å²) in [6, 6.07) is 9.72. The third kappa shape index (κ3) is 5.53. The zero-order valence-electron chi connectivity index (χ0n) is 17.3. The summed E-state index contributed by atoms with van der Waals surface area (Å²) in [5.41, 5.74) is 5.35. The first-order chi connectivity index (χ1) is 14.7. The van der Waals surface area contributed by atoms with Crippen LogP contribution in [0.1, 0.15) is 36.5 Å². The van der Waals surface area contributed by atoms with E-state index in [1.165, 1.54) is 12.3 Å². The first-order valence-electron chi connectivity index (χ1n) is 9.51. The van der Waals surface area contributed by atoms with Gasteiger partial charge < -0.3 is 15.4 Å². The number of para-hydroxylation sites is 2. The van der Waals surface area contributed by atoms with Gasteiger partial charge in [0.2, 0.25) is 11.7 Å². The van der Waals surface area contributed by atoms with E-state index in [1.54, 1.807) is 11.9 Å². The molecule has 0 unspecified atom stereocenters. The van der Waals surface area contributed by atoms with Crippen molar-refractivity contribution in [3.05, 3.63) is 60.2 Å². The van der Waals surface area contributed by atoms with Gasteiger partial charge in [0.1, 0.15) is 5.75 Å². The van der Waals surface area contributed by atoms with Crippen LogP contribution in [0, 0.1) is 0 Å². The molecule has 0 saturated heterocycles. The molecule has 2 amide bonds. The third-order valence-corrected chi connectivity index (χ3v) is 4.25. The highest BCUT2D eigenvalue weighted by Crippen LogP contribution is 2.30. The number of imidazole rings is 1. The van der Waals surface area contributed by atoms with Crippen LogP contribution in [-0.4, -0.2) is 34.9 Å². The van der Waals surface area contributed by atoms with Crippen molar-refractivity contribution in [1.29, 1.82) is 0 Å². The minimum absolute atomic E-state index is 0.102. The highest BCUT2D eigenvalue weighted by molar-refractivity contribution is 5.95. The Morgan fingerprint density at radius 3 is 2.48 bits per heavy atom. The maximum Gasteiger partial charge on any atom is 0.417 e. The van der Waals surface area contributed by atoms with Crippen molar-refractivity contribution in [3.63, 3.8) is 0 Å². The number of anilines is 1. The second-order valence-electron chi connectivity index (χ2n) is 6.18. The molecule has 1 aromatic carbocycles. The number of benzene rings is 1. The first-order valence-corrected chi connectivity index (χ1v) is 9.51. The normalized spacial score (nSPS) is 13.1. The van der Waals surface area contributed by atoms with Gasteiger partial charge in [-0.1, -0.05) is 26.0 Å². The Morgan fingerprint density at radius 1 is 1.16 bits per heavy atom. The van der Waals surface area contributed by atoms with E-state index in [-0.39, 0.29) is 11.7 Å². The Bertz CT molecular complexity index is 1060. The molecule has 3 aromatic rings. The maximum absolute atomic E-state index is 12.4. The Labute approximate surface area is 177 Å². The molecule has 0 atom stereocenters. The number of fused-ring (bicyclic) bond motifs is 2. The van der Waals surface area contributed by atoms with Gasteiger partial charge in [-0.15, -0.1) is 0 Å². The molecule has 0 bridgehead atoms. The van der Waals surface area contributed by atoms with Crippen molar-refractivity contribution in [3.8, 4) is 5.75 Å². The van der Waals surface area contributed by atoms with Gasteiger partial charge in [0.05, 0.1) is 36.0 Å². The summed E-state index contributed by atoms with van der Waals surface area (Å²) in [5.74, 6) is -0.207. The van der Waals surface area contributed by atoms with Crippen LogP contribution < -0.4 is 15.4 Å². The van der Waals surface area contributed by atoms with Crippen LogP contribution in [0.25, 0.3) is 5.52 Å². The van der Waals surface area contributed by atoms with E-state index >= 15 is 0 Å². The summed E-state index contributed by atoms with van der Waals surface area (Å²) in [5, 5.41) is 0. The lowest BCUT2D eigenvalue weighted by molar-refractivity contribution is -0.137. The van der Waals surface area contributed by atoms with Crippen LogP contribution >= 0.6 is 0 Å². The summed E-state index contributed by atoms with van der Waals surface area (Å²) in [6.07, 6.45) is -1.94. The molecule has 7 nitrogen and oxygen atoms in total. The molecule has 0 radical (unpaired) electrons. The SMILES string of the molecule is CC.CN1C(=O)CCOc2ccccc21.NC(=O)c1ncc2ccc(C(F)(F)F)cn12. The number of primary amides is 1. The molecule has 166 valence electrons. The highest BCUT2D eigenvalue weighted by atomic mass is 19.4. The van der Waals surface area contributed by atoms with Gasteiger partial charge >= 0.3 is 6.18 Å². The van der Waals surface area contributed by atoms with Gasteiger partial charge in [-0.2, -0.15) is 13.2 Å². The number of ether oxygens (including phenoxy) is 1. The molecule has 10 heteroatoms. The molecule has 0 spiro atoms. The van der Waals surface area contributed by atoms with E-state index in [2.05, 4.69) is 4.98 Å². The number of carbonyl (C=O) groups excluding carboxylic acids is 2. The first kappa shape index (κ1) is 23.7. The van der Waals surface area contributed by atoms with Crippen LogP contribution in [0.15, 0.2) is 48.8 Å². The van der Waals surface area contributed by atoms with E-state index < -0.39 is 17.6 Å². The number of nitrogens with zero attached hydrogens (tertiary/aromatic N) is 3. The molecule has 0 fully saturated rings. The second kappa shape index (κ2) is 9.96. The lowest BCUT2D eigenvalue weighted by Crippen LogP contribution is -2.24. The topological polar surface area (TPSA) is 89.9 Å². The molecule has 1 aliphatic rings. The molecule has 2 N–H and O–H groups in total. The fourth-order valence-corrected chi connectivity index (χ4v) is 2.75. The maximum atomic E-state index is 12.4. The van der Waals surface area contributed by atoms with E-state index in [0.29, 0.717) is 18.5 Å². The molecule has 31 heavy (non-hydrogen) atoms. The molecule has 4 rings (SSSR count). The highest BCUT2D eigenvalue weighted by Gasteiger charge is 2.31. The van der Waals surface area contributed by atoms with Gasteiger partial charge in [-0.3, -0.25) is 14.0 Å². The molecule has 3 heterocycles. The van der Waals surface area contributed by atoms with E-state index in [9.17, 15) is 22.8 Å². The lowest BCUT2D eigenvalue weighted by atomic mass is 10.2. The quantitative estimate of drug-likeness (QED) is 0.626. The van der Waals surface area contributed by atoms with Gasteiger partial charge in [-0.05, 0) is 24.3 Å². The monoisotopic (exact) mass is 436 g/mol. The van der Waals surface area contributed by atoms with Gasteiger partial charge in [0, 0.05) is 13.2 Å². The van der Waals surface area contributed by atoms with Gasteiger partial charge in [0.15, 0.2) is 0 Å². The lowest BCUT2D eigenvalue weighted by Gasteiger charge is -2.15. The molecular formula is C21H23F3N4O3. The molecule has 0 aliphatic carbocycles. The zero-order chi connectivity index (χ0) is 23.2. The smallest absolute Gasteiger partial charge is 0.417 e. The summed E-state index contributed by atoms with van der Waals surface area (Å²) in [4.78, 5) is 27.6. The summed E-state index contributed by atoms with van der Waals surface area (Å²) in [7, 11) is 1.77. The number of pyridine rings is 1. The summed E-state index contributed by atoms with van der Waals surface area (Å²) < 4.78 is 43.7. The fourth-order valence-electron chi connectivity index (χ4n) is 2.75. The van der Waals surface area contributed by atoms with Gasteiger partial charge in [-0.25, -0.2) is 4.98 Å². The average Bonchev–Trinajstić information content (AvgIpc) is 3.12. The van der Waals surface area contributed by atoms with Crippen LogP contribution in [0.5, 0.6) is 5.75 Å². The average molecular weight is 436 g/mol. The third-order valence-electron chi connectivity index (χ3n) is 4.25. The number of hydrogen-bond acceptors (Lipinski definition) is 4. The Hall–Kier alpha value is -3.56. The molecule has 0 saturated carbocycles. The zero-order valence-corrected chi connectivity index (χ0v) is 17.3. The number of aromatic nitrogens is 2. The largest absolute Gasteiger partial charge is 0.491 e. The van der Waals surface area contributed by atoms with E-state index in [1.807, 2.05) is 38.1 Å². The molecule has 2 aromatic heterocycles. The van der Waals surface area contributed by atoms with Gasteiger partial charge in [0.25, 0.3) is 5.91 Å². The standard InChI is InChI=1S/C10H11NO2.C9H6F3N3O.C2H6/c1-11-8-4-2-3-5-9(8)13-7-6-10(11)12;10-9(11,12)5-1-2-6-3-14-8(7(13)16)15(6)4-5;1-2/h2-5H,6-7H2,1H3;1-4H,(H2,13,16);1-2H3. The fraction of sp³-hybridized carbons (Fsp3) is 0.286. The Morgan fingerprint density at radius 2 is 1.84 bits per heavy atom. The van der Waals surface area contributed by atoms with Crippen LogP contribution in [-0.2, 0) is 11.0 Å². The van der Waals surface area contributed by atoms with Crippen molar-refractivity contribution < 1.29 is 27.5 Å². The van der Waals surface area contributed by atoms with E-state index in [0.717, 1.165) is 28.1 Å². The molecular weight excluding hydrogens is 413 g/mol. The number of halogens is 3. The minimum Gasteiger partial charge on any atom is -0.491 e.